The number of hydrogen-bond acceptors (Lipinski definition) is 2. The standard InChI is InChI=1S/C15H22O3/c1-9(16)13(14(17)18)8-15-5-10-2-11(6-15)4-12(3-10)7-15/h10-13H,2-8H2,1H3,(H,17,18). The van der Waals surface area contributed by atoms with Gasteiger partial charge in [0.15, 0.2) is 0 Å². The largest absolute Gasteiger partial charge is 0.481 e. The lowest BCUT2D eigenvalue weighted by molar-refractivity contribution is -0.150. The topological polar surface area (TPSA) is 54.4 Å². The highest BCUT2D eigenvalue weighted by Crippen LogP contribution is 2.62. The lowest BCUT2D eigenvalue weighted by Crippen LogP contribution is -2.47. The Labute approximate surface area is 108 Å². The molecule has 4 aliphatic rings. The van der Waals surface area contributed by atoms with E-state index in [0.717, 1.165) is 17.8 Å². The van der Waals surface area contributed by atoms with Crippen molar-refractivity contribution in [1.82, 2.24) is 0 Å². The SMILES string of the molecule is CC(=O)C(CC12CC3CC(CC(C3)C1)C2)C(=O)O. The maximum absolute atomic E-state index is 11.5. The van der Waals surface area contributed by atoms with Crippen molar-refractivity contribution in [1.29, 1.82) is 0 Å². The van der Waals surface area contributed by atoms with Crippen LogP contribution in [0.15, 0.2) is 0 Å². The van der Waals surface area contributed by atoms with E-state index in [1.54, 1.807) is 0 Å². The normalized spacial score (nSPS) is 42.8. The monoisotopic (exact) mass is 250 g/mol. The summed E-state index contributed by atoms with van der Waals surface area (Å²) < 4.78 is 0. The van der Waals surface area contributed by atoms with E-state index in [9.17, 15) is 14.7 Å². The summed E-state index contributed by atoms with van der Waals surface area (Å²) in [6.07, 6.45) is 8.20. The Morgan fingerprint density at radius 1 is 1.11 bits per heavy atom. The van der Waals surface area contributed by atoms with Crippen molar-refractivity contribution in [2.75, 3.05) is 0 Å². The van der Waals surface area contributed by atoms with Crippen LogP contribution in [0.5, 0.6) is 0 Å². The zero-order valence-corrected chi connectivity index (χ0v) is 11.0. The summed E-state index contributed by atoms with van der Waals surface area (Å²) in [5.74, 6) is 0.603. The summed E-state index contributed by atoms with van der Waals surface area (Å²) in [6, 6.07) is 0. The fourth-order valence-corrected chi connectivity index (χ4v) is 5.38. The number of hydrogen-bond donors (Lipinski definition) is 1. The maximum atomic E-state index is 11.5. The molecule has 0 aromatic carbocycles. The molecule has 4 bridgehead atoms. The van der Waals surface area contributed by atoms with E-state index in [1.165, 1.54) is 45.4 Å². The molecule has 1 N–H and O–H groups in total. The predicted octanol–water partition coefficient (Wildman–Crippen LogP) is 2.88. The van der Waals surface area contributed by atoms with Gasteiger partial charge in [0.05, 0.1) is 0 Å². The summed E-state index contributed by atoms with van der Waals surface area (Å²) >= 11 is 0. The molecule has 0 heterocycles. The number of rotatable bonds is 4. The first-order valence-corrected chi connectivity index (χ1v) is 7.21. The van der Waals surface area contributed by atoms with Gasteiger partial charge in [0.1, 0.15) is 11.7 Å². The van der Waals surface area contributed by atoms with Gasteiger partial charge in [0, 0.05) is 0 Å². The number of Topliss-reactive ketones (excluding diaryl/α,β-unsaturated/α-hetero) is 1. The van der Waals surface area contributed by atoms with Crippen molar-refractivity contribution in [3.8, 4) is 0 Å². The Morgan fingerprint density at radius 3 is 1.89 bits per heavy atom. The molecule has 100 valence electrons. The molecule has 0 aromatic rings. The Morgan fingerprint density at radius 2 is 1.56 bits per heavy atom. The minimum absolute atomic E-state index is 0.168. The molecule has 18 heavy (non-hydrogen) atoms. The summed E-state index contributed by atoms with van der Waals surface area (Å²) in [5.41, 5.74) is 0.184. The first-order chi connectivity index (χ1) is 8.47. The zero-order chi connectivity index (χ0) is 12.9. The fraction of sp³-hybridized carbons (Fsp3) is 0.867. The summed E-state index contributed by atoms with van der Waals surface area (Å²) in [6.45, 7) is 1.43. The van der Waals surface area contributed by atoms with Crippen molar-refractivity contribution < 1.29 is 14.7 Å². The molecule has 1 atom stereocenters. The lowest BCUT2D eigenvalue weighted by Gasteiger charge is -2.57. The van der Waals surface area contributed by atoms with E-state index in [1.807, 2.05) is 0 Å². The second-order valence-electron chi connectivity index (χ2n) is 7.12. The van der Waals surface area contributed by atoms with Crippen LogP contribution < -0.4 is 0 Å². The van der Waals surface area contributed by atoms with Crippen LogP contribution in [-0.2, 0) is 9.59 Å². The van der Waals surface area contributed by atoms with Crippen molar-refractivity contribution >= 4 is 11.8 Å². The third-order valence-corrected chi connectivity index (χ3v) is 5.59. The molecule has 0 aromatic heterocycles. The van der Waals surface area contributed by atoms with Crippen LogP contribution in [0.2, 0.25) is 0 Å². The van der Waals surface area contributed by atoms with Crippen molar-refractivity contribution in [2.24, 2.45) is 29.1 Å². The maximum Gasteiger partial charge on any atom is 0.314 e. The molecule has 4 saturated carbocycles. The zero-order valence-electron chi connectivity index (χ0n) is 11.0. The average Bonchev–Trinajstić information content (AvgIpc) is 2.23. The van der Waals surface area contributed by atoms with Gasteiger partial charge in [-0.1, -0.05) is 0 Å². The van der Waals surface area contributed by atoms with E-state index >= 15 is 0 Å². The second-order valence-corrected chi connectivity index (χ2v) is 7.12. The molecule has 0 amide bonds. The Hall–Kier alpha value is -0.860. The van der Waals surface area contributed by atoms with Gasteiger partial charge >= 0.3 is 5.97 Å². The van der Waals surface area contributed by atoms with Crippen LogP contribution in [-0.4, -0.2) is 16.9 Å². The second kappa shape index (κ2) is 4.07. The van der Waals surface area contributed by atoms with Gasteiger partial charge in [-0.15, -0.1) is 0 Å². The molecule has 0 spiro atoms. The molecule has 4 rings (SSSR count). The smallest absolute Gasteiger partial charge is 0.314 e. The number of ketones is 1. The quantitative estimate of drug-likeness (QED) is 0.780. The number of carbonyl (C=O) groups excluding carboxylic acids is 1. The van der Waals surface area contributed by atoms with E-state index in [-0.39, 0.29) is 11.2 Å². The van der Waals surface area contributed by atoms with Gasteiger partial charge in [-0.25, -0.2) is 0 Å². The number of carboxylic acid groups (broad SMARTS) is 1. The van der Waals surface area contributed by atoms with Crippen LogP contribution in [0.25, 0.3) is 0 Å². The van der Waals surface area contributed by atoms with Crippen LogP contribution >= 0.6 is 0 Å². The van der Waals surface area contributed by atoms with E-state index in [0.29, 0.717) is 6.42 Å². The molecule has 0 radical (unpaired) electrons. The molecule has 4 aliphatic carbocycles. The number of aliphatic carboxylic acids is 1. The molecule has 1 unspecified atom stereocenters. The van der Waals surface area contributed by atoms with Crippen molar-refractivity contribution in [2.45, 2.75) is 51.9 Å². The Kier molecular flexibility index (Phi) is 2.76. The highest BCUT2D eigenvalue weighted by molar-refractivity contribution is 5.96. The number of carboxylic acids is 1. The van der Waals surface area contributed by atoms with Crippen molar-refractivity contribution in [3.05, 3.63) is 0 Å². The van der Waals surface area contributed by atoms with E-state index in [2.05, 4.69) is 0 Å². The highest BCUT2D eigenvalue weighted by atomic mass is 16.4. The van der Waals surface area contributed by atoms with Crippen LogP contribution in [0.3, 0.4) is 0 Å². The summed E-state index contributed by atoms with van der Waals surface area (Å²) in [7, 11) is 0. The molecule has 4 fully saturated rings. The highest BCUT2D eigenvalue weighted by Gasteiger charge is 2.52. The molecule has 0 aliphatic heterocycles. The Balaban J connectivity index is 1.79. The fourth-order valence-electron chi connectivity index (χ4n) is 5.38. The van der Waals surface area contributed by atoms with Gasteiger partial charge in [0.25, 0.3) is 0 Å². The summed E-state index contributed by atoms with van der Waals surface area (Å²) in [4.78, 5) is 22.8. The minimum Gasteiger partial charge on any atom is -0.481 e. The first-order valence-electron chi connectivity index (χ1n) is 7.21. The van der Waals surface area contributed by atoms with Gasteiger partial charge in [-0.3, -0.25) is 9.59 Å². The Bertz CT molecular complexity index is 336. The first kappa shape index (κ1) is 12.2. The minimum atomic E-state index is -0.918. The molecular formula is C15H22O3. The van der Waals surface area contributed by atoms with E-state index < -0.39 is 11.9 Å². The van der Waals surface area contributed by atoms with Crippen LogP contribution in [0, 0.1) is 29.1 Å². The van der Waals surface area contributed by atoms with Gasteiger partial charge in [0.2, 0.25) is 0 Å². The number of carbonyl (C=O) groups is 2. The third kappa shape index (κ3) is 1.98. The van der Waals surface area contributed by atoms with Gasteiger partial charge in [-0.05, 0) is 75.0 Å². The molecule has 0 saturated heterocycles. The van der Waals surface area contributed by atoms with Gasteiger partial charge in [-0.2, -0.15) is 0 Å². The molecule has 3 nitrogen and oxygen atoms in total. The summed E-state index contributed by atoms with van der Waals surface area (Å²) in [5, 5.41) is 9.22. The average molecular weight is 250 g/mol. The van der Waals surface area contributed by atoms with Crippen LogP contribution in [0.4, 0.5) is 0 Å². The van der Waals surface area contributed by atoms with Crippen molar-refractivity contribution in [3.63, 3.8) is 0 Å². The van der Waals surface area contributed by atoms with E-state index in [4.69, 9.17) is 0 Å². The van der Waals surface area contributed by atoms with Gasteiger partial charge < -0.3 is 5.11 Å². The molecule has 3 heteroatoms. The third-order valence-electron chi connectivity index (χ3n) is 5.59. The lowest BCUT2D eigenvalue weighted by atomic mass is 9.48. The molecular weight excluding hydrogens is 228 g/mol. The predicted molar refractivity (Wildman–Crippen MR) is 67.0 cm³/mol. The van der Waals surface area contributed by atoms with Crippen LogP contribution in [0.1, 0.15) is 51.9 Å².